The summed E-state index contributed by atoms with van der Waals surface area (Å²) < 4.78 is 13.2. The minimum absolute atomic E-state index is 0.246. The van der Waals surface area contributed by atoms with Gasteiger partial charge in [0.25, 0.3) is 0 Å². The zero-order valence-electron chi connectivity index (χ0n) is 10.3. The summed E-state index contributed by atoms with van der Waals surface area (Å²) in [7, 11) is 0. The SMILES string of the molecule is C=C(/C=C(/F)C(=C)C)CCC(CC)CC. The van der Waals surface area contributed by atoms with Gasteiger partial charge < -0.3 is 0 Å². The molecule has 0 heterocycles. The van der Waals surface area contributed by atoms with Crippen LogP contribution in [-0.2, 0) is 0 Å². The smallest absolute Gasteiger partial charge is 0.125 e. The average molecular weight is 210 g/mol. The van der Waals surface area contributed by atoms with Crippen LogP contribution in [0.25, 0.3) is 0 Å². The maximum Gasteiger partial charge on any atom is 0.125 e. The van der Waals surface area contributed by atoms with E-state index in [1.807, 2.05) is 0 Å². The zero-order valence-corrected chi connectivity index (χ0v) is 10.3. The molecule has 0 nitrogen and oxygen atoms in total. The molecule has 0 rings (SSSR count). The first-order valence-corrected chi connectivity index (χ1v) is 5.72. The van der Waals surface area contributed by atoms with Gasteiger partial charge in [0.2, 0.25) is 0 Å². The first kappa shape index (κ1) is 14.2. The number of hydrogen-bond donors (Lipinski definition) is 0. The molecule has 0 fully saturated rings. The standard InChI is InChI=1S/C14H23F/c1-6-13(7-2)9-8-12(5)10-14(15)11(3)4/h10,13H,3,5-9H2,1-2,4H3/b14-10+. The second-order valence-corrected chi connectivity index (χ2v) is 4.15. The third kappa shape index (κ3) is 6.27. The van der Waals surface area contributed by atoms with Crippen molar-refractivity contribution in [3.63, 3.8) is 0 Å². The molecule has 0 aliphatic heterocycles. The second-order valence-electron chi connectivity index (χ2n) is 4.15. The van der Waals surface area contributed by atoms with Crippen molar-refractivity contribution in [2.24, 2.45) is 5.92 Å². The minimum atomic E-state index is -0.246. The normalized spacial score (nSPS) is 11.9. The Bertz CT molecular complexity index is 244. The Labute approximate surface area is 93.6 Å². The summed E-state index contributed by atoms with van der Waals surface area (Å²) >= 11 is 0. The molecule has 0 aliphatic carbocycles. The van der Waals surface area contributed by atoms with E-state index in [0.29, 0.717) is 5.57 Å². The molecule has 0 bridgehead atoms. The molecular weight excluding hydrogens is 187 g/mol. The van der Waals surface area contributed by atoms with E-state index >= 15 is 0 Å². The lowest BCUT2D eigenvalue weighted by atomic mass is 9.95. The van der Waals surface area contributed by atoms with Crippen molar-refractivity contribution in [2.75, 3.05) is 0 Å². The monoisotopic (exact) mass is 210 g/mol. The zero-order chi connectivity index (χ0) is 11.8. The van der Waals surface area contributed by atoms with E-state index in [2.05, 4.69) is 27.0 Å². The number of hydrogen-bond acceptors (Lipinski definition) is 0. The van der Waals surface area contributed by atoms with Crippen molar-refractivity contribution in [1.82, 2.24) is 0 Å². The van der Waals surface area contributed by atoms with Gasteiger partial charge in [0.1, 0.15) is 5.83 Å². The van der Waals surface area contributed by atoms with Gasteiger partial charge >= 0.3 is 0 Å². The summed E-state index contributed by atoms with van der Waals surface area (Å²) in [5.74, 6) is 0.493. The van der Waals surface area contributed by atoms with Gasteiger partial charge in [0.15, 0.2) is 0 Å². The molecule has 0 aromatic carbocycles. The van der Waals surface area contributed by atoms with E-state index in [4.69, 9.17) is 0 Å². The van der Waals surface area contributed by atoms with Crippen LogP contribution in [0, 0.1) is 5.92 Å². The Hall–Kier alpha value is -0.850. The highest BCUT2D eigenvalue weighted by molar-refractivity contribution is 5.28. The maximum atomic E-state index is 13.2. The lowest BCUT2D eigenvalue weighted by Gasteiger charge is -2.11. The Morgan fingerprint density at radius 1 is 1.27 bits per heavy atom. The fourth-order valence-corrected chi connectivity index (χ4v) is 1.46. The van der Waals surface area contributed by atoms with Crippen LogP contribution in [0.15, 0.2) is 36.2 Å². The molecule has 0 aliphatic rings. The van der Waals surface area contributed by atoms with Gasteiger partial charge in [0, 0.05) is 0 Å². The predicted molar refractivity (Wildman–Crippen MR) is 66.5 cm³/mol. The van der Waals surface area contributed by atoms with Crippen LogP contribution in [-0.4, -0.2) is 0 Å². The Balaban J connectivity index is 4.05. The van der Waals surface area contributed by atoms with E-state index in [0.717, 1.165) is 24.3 Å². The Kier molecular flexibility index (Phi) is 7.02. The van der Waals surface area contributed by atoms with Crippen molar-refractivity contribution < 1.29 is 4.39 Å². The summed E-state index contributed by atoms with van der Waals surface area (Å²) in [6.45, 7) is 13.5. The van der Waals surface area contributed by atoms with Crippen molar-refractivity contribution in [3.8, 4) is 0 Å². The number of halogens is 1. The maximum absolute atomic E-state index is 13.2. The third-order valence-corrected chi connectivity index (χ3v) is 2.77. The highest BCUT2D eigenvalue weighted by Gasteiger charge is 2.04. The number of rotatable bonds is 7. The van der Waals surface area contributed by atoms with E-state index in [1.54, 1.807) is 6.92 Å². The molecule has 0 saturated heterocycles. The van der Waals surface area contributed by atoms with E-state index in [9.17, 15) is 4.39 Å². The van der Waals surface area contributed by atoms with Crippen molar-refractivity contribution in [3.05, 3.63) is 36.2 Å². The molecule has 0 aromatic heterocycles. The molecule has 1 heteroatoms. The van der Waals surface area contributed by atoms with Crippen LogP contribution in [0.5, 0.6) is 0 Å². The Morgan fingerprint density at radius 3 is 2.20 bits per heavy atom. The highest BCUT2D eigenvalue weighted by Crippen LogP contribution is 2.20. The van der Waals surface area contributed by atoms with Crippen LogP contribution in [0.3, 0.4) is 0 Å². The van der Waals surface area contributed by atoms with Crippen LogP contribution < -0.4 is 0 Å². The van der Waals surface area contributed by atoms with Gasteiger partial charge in [-0.05, 0) is 37.3 Å². The lowest BCUT2D eigenvalue weighted by molar-refractivity contribution is 0.457. The van der Waals surface area contributed by atoms with Gasteiger partial charge in [-0.1, -0.05) is 45.4 Å². The van der Waals surface area contributed by atoms with Crippen LogP contribution in [0.2, 0.25) is 0 Å². The van der Waals surface area contributed by atoms with Gasteiger partial charge in [0.05, 0.1) is 0 Å². The van der Waals surface area contributed by atoms with Gasteiger partial charge in [-0.3, -0.25) is 0 Å². The van der Waals surface area contributed by atoms with Gasteiger partial charge in [-0.2, -0.15) is 0 Å². The van der Waals surface area contributed by atoms with Gasteiger partial charge in [-0.15, -0.1) is 0 Å². The van der Waals surface area contributed by atoms with E-state index < -0.39 is 0 Å². The van der Waals surface area contributed by atoms with E-state index in [-0.39, 0.29) is 5.83 Å². The summed E-state index contributed by atoms with van der Waals surface area (Å²) in [6, 6.07) is 0. The summed E-state index contributed by atoms with van der Waals surface area (Å²) in [5.41, 5.74) is 1.33. The summed E-state index contributed by atoms with van der Waals surface area (Å²) in [5, 5.41) is 0. The van der Waals surface area contributed by atoms with Crippen molar-refractivity contribution in [2.45, 2.75) is 46.5 Å². The van der Waals surface area contributed by atoms with Crippen molar-refractivity contribution >= 4 is 0 Å². The summed E-state index contributed by atoms with van der Waals surface area (Å²) in [6.07, 6.45) is 5.87. The molecule has 0 saturated carbocycles. The minimum Gasteiger partial charge on any atom is -0.207 e. The highest BCUT2D eigenvalue weighted by atomic mass is 19.1. The first-order valence-electron chi connectivity index (χ1n) is 5.72. The molecule has 0 N–H and O–H groups in total. The molecule has 15 heavy (non-hydrogen) atoms. The average Bonchev–Trinajstić information content (AvgIpc) is 2.19. The topological polar surface area (TPSA) is 0 Å². The molecule has 0 unspecified atom stereocenters. The van der Waals surface area contributed by atoms with Gasteiger partial charge in [-0.25, -0.2) is 4.39 Å². The summed E-state index contributed by atoms with van der Waals surface area (Å²) in [4.78, 5) is 0. The van der Waals surface area contributed by atoms with Crippen LogP contribution in [0.4, 0.5) is 4.39 Å². The third-order valence-electron chi connectivity index (χ3n) is 2.77. The quantitative estimate of drug-likeness (QED) is 0.507. The largest absolute Gasteiger partial charge is 0.207 e. The molecule has 0 amide bonds. The molecule has 0 radical (unpaired) electrons. The molecular formula is C14H23F. The fraction of sp³-hybridized carbons (Fsp3) is 0.571. The first-order chi connectivity index (χ1) is 7.01. The van der Waals surface area contributed by atoms with E-state index in [1.165, 1.54) is 18.9 Å². The molecule has 86 valence electrons. The lowest BCUT2D eigenvalue weighted by Crippen LogP contribution is -1.96. The van der Waals surface area contributed by atoms with Crippen molar-refractivity contribution in [1.29, 1.82) is 0 Å². The second kappa shape index (κ2) is 7.44. The molecule has 0 spiro atoms. The van der Waals surface area contributed by atoms with Crippen LogP contribution >= 0.6 is 0 Å². The Morgan fingerprint density at radius 2 is 1.80 bits per heavy atom. The molecule has 0 aromatic rings. The van der Waals surface area contributed by atoms with Crippen LogP contribution in [0.1, 0.15) is 46.5 Å². The predicted octanol–water partition coefficient (Wildman–Crippen LogP) is 5.19. The fourth-order valence-electron chi connectivity index (χ4n) is 1.46. The molecule has 0 atom stereocenters. The number of allylic oxidation sites excluding steroid dienone is 4.